The van der Waals surface area contributed by atoms with Crippen LogP contribution in [0, 0.1) is 5.92 Å². The van der Waals surface area contributed by atoms with Crippen LogP contribution in [0.2, 0.25) is 0 Å². The molecule has 0 saturated carbocycles. The zero-order chi connectivity index (χ0) is 20.6. The second kappa shape index (κ2) is 9.03. The van der Waals surface area contributed by atoms with Crippen LogP contribution in [0.4, 0.5) is 5.82 Å². The summed E-state index contributed by atoms with van der Waals surface area (Å²) in [6.07, 6.45) is 0.844. The molecule has 2 N–H and O–H groups in total. The number of carbonyl (C=O) groups excluding carboxylic acids is 1. The van der Waals surface area contributed by atoms with Gasteiger partial charge in [0.05, 0.1) is 24.4 Å². The molecule has 152 valence electrons. The number of nitrogen functional groups attached to an aromatic ring is 1. The van der Waals surface area contributed by atoms with E-state index < -0.39 is 17.7 Å². The number of carbonyl (C=O) groups is 1. The Morgan fingerprint density at radius 2 is 2.03 bits per heavy atom. The van der Waals surface area contributed by atoms with Crippen molar-refractivity contribution in [3.05, 3.63) is 60.0 Å². The van der Waals surface area contributed by atoms with E-state index in [0.29, 0.717) is 17.6 Å². The molecule has 0 bridgehead atoms. The first-order valence-corrected chi connectivity index (χ1v) is 9.62. The number of benzene rings is 1. The molecule has 30 heavy (non-hydrogen) atoms. The molecule has 2 aromatic heterocycles. The van der Waals surface area contributed by atoms with Crippen molar-refractivity contribution in [3.63, 3.8) is 0 Å². The van der Waals surface area contributed by atoms with E-state index in [0.717, 1.165) is 5.56 Å². The number of ether oxygens (including phenoxy) is 2. The van der Waals surface area contributed by atoms with E-state index in [1.54, 1.807) is 12.1 Å². The van der Waals surface area contributed by atoms with Gasteiger partial charge in [0.25, 0.3) is 0 Å². The van der Waals surface area contributed by atoms with Gasteiger partial charge < -0.3 is 25.1 Å². The maximum atomic E-state index is 12.6. The predicted octanol–water partition coefficient (Wildman–Crippen LogP) is -1.71. The summed E-state index contributed by atoms with van der Waals surface area (Å²) in [6.45, 7) is 4.15. The third kappa shape index (κ3) is 3.63. The SMILES string of the molecule is CC[C@H]1O[C@@](C(=O)[O-])(c2ccc3c(N)ncnn23)[C@@H](OCc2ccccc2)C1C.[Na+]. The first-order valence-electron chi connectivity index (χ1n) is 9.62. The Morgan fingerprint density at radius 1 is 1.30 bits per heavy atom. The molecule has 0 radical (unpaired) electrons. The fraction of sp³-hybridized carbons (Fsp3) is 0.381. The normalized spacial score (nSPS) is 25.9. The molecule has 3 heterocycles. The summed E-state index contributed by atoms with van der Waals surface area (Å²) in [5, 5.41) is 16.8. The molecule has 1 fully saturated rings. The van der Waals surface area contributed by atoms with Crippen molar-refractivity contribution in [1.29, 1.82) is 0 Å². The van der Waals surface area contributed by atoms with Crippen LogP contribution in [-0.4, -0.2) is 32.8 Å². The molecule has 9 heteroatoms. The van der Waals surface area contributed by atoms with Crippen molar-refractivity contribution in [2.75, 3.05) is 5.73 Å². The Morgan fingerprint density at radius 3 is 2.70 bits per heavy atom. The quantitative estimate of drug-likeness (QED) is 0.474. The maximum absolute atomic E-state index is 12.6. The number of aliphatic carboxylic acids is 1. The minimum absolute atomic E-state index is 0. The second-order valence-corrected chi connectivity index (χ2v) is 7.32. The molecule has 0 spiro atoms. The second-order valence-electron chi connectivity index (χ2n) is 7.32. The molecule has 0 amide bonds. The van der Waals surface area contributed by atoms with Gasteiger partial charge in [0.2, 0.25) is 0 Å². The summed E-state index contributed by atoms with van der Waals surface area (Å²) >= 11 is 0. The van der Waals surface area contributed by atoms with Crippen LogP contribution in [0.5, 0.6) is 0 Å². The van der Waals surface area contributed by atoms with Crippen molar-refractivity contribution >= 4 is 17.3 Å². The molecule has 4 rings (SSSR count). The third-order valence-corrected chi connectivity index (χ3v) is 5.64. The number of nitrogens with two attached hydrogens (primary N) is 1. The zero-order valence-corrected chi connectivity index (χ0v) is 19.3. The van der Waals surface area contributed by atoms with Gasteiger partial charge in [0.15, 0.2) is 11.4 Å². The topological polar surface area (TPSA) is 115 Å². The van der Waals surface area contributed by atoms with Crippen LogP contribution in [0.25, 0.3) is 5.52 Å². The Hall–Kier alpha value is -1.97. The summed E-state index contributed by atoms with van der Waals surface area (Å²) in [5.41, 5.74) is 5.87. The summed E-state index contributed by atoms with van der Waals surface area (Å²) in [7, 11) is 0. The van der Waals surface area contributed by atoms with Gasteiger partial charge >= 0.3 is 29.6 Å². The van der Waals surface area contributed by atoms with Crippen LogP contribution >= 0.6 is 0 Å². The van der Waals surface area contributed by atoms with Gasteiger partial charge in [-0.15, -0.1) is 0 Å². The van der Waals surface area contributed by atoms with Crippen molar-refractivity contribution in [2.45, 2.75) is 44.7 Å². The fourth-order valence-corrected chi connectivity index (χ4v) is 4.17. The largest absolute Gasteiger partial charge is 1.00 e. The Balaban J connectivity index is 0.00000256. The summed E-state index contributed by atoms with van der Waals surface area (Å²) in [6, 6.07) is 12.9. The van der Waals surface area contributed by atoms with Gasteiger partial charge in [-0.2, -0.15) is 5.10 Å². The predicted molar refractivity (Wildman–Crippen MR) is 103 cm³/mol. The molecule has 1 unspecified atom stereocenters. The standard InChI is InChI=1S/C21H24N4O4.Na/c1-3-16-13(2)18(28-11-14-7-5-4-6-8-14)21(29-16,20(26)27)17-10-9-15-19(22)23-12-24-25(15)17;/h4-10,12-13,16,18H,3,11H2,1-2H3,(H,26,27)(H2,22,23,24);/q;+1/p-1/t13?,16-,18+,21+;/m1./s1. The summed E-state index contributed by atoms with van der Waals surface area (Å²) < 4.78 is 13.8. The number of nitrogens with zero attached hydrogens (tertiary/aromatic N) is 3. The molecule has 3 aromatic rings. The molecule has 4 atom stereocenters. The number of hydrogen-bond acceptors (Lipinski definition) is 7. The summed E-state index contributed by atoms with van der Waals surface area (Å²) in [5.74, 6) is -1.29. The number of rotatable bonds is 6. The average molecular weight is 418 g/mol. The van der Waals surface area contributed by atoms with Gasteiger partial charge in [0, 0.05) is 5.92 Å². The van der Waals surface area contributed by atoms with Gasteiger partial charge in [-0.25, -0.2) is 9.50 Å². The molecule has 1 saturated heterocycles. The average Bonchev–Trinajstić information content (AvgIpc) is 3.28. The van der Waals surface area contributed by atoms with Gasteiger partial charge in [0.1, 0.15) is 17.9 Å². The Kier molecular flexibility index (Phi) is 6.84. The molecule has 0 aliphatic carbocycles. The Labute approximate surface area is 196 Å². The third-order valence-electron chi connectivity index (χ3n) is 5.64. The fourth-order valence-electron chi connectivity index (χ4n) is 4.17. The van der Waals surface area contributed by atoms with Crippen molar-refractivity contribution in [3.8, 4) is 0 Å². The number of fused-ring (bicyclic) bond motifs is 1. The van der Waals surface area contributed by atoms with Gasteiger partial charge in [-0.3, -0.25) is 0 Å². The van der Waals surface area contributed by atoms with E-state index in [9.17, 15) is 9.90 Å². The molecular formula is C21H23N4NaO4. The van der Waals surface area contributed by atoms with Crippen molar-refractivity contribution in [2.24, 2.45) is 5.92 Å². The first kappa shape index (κ1) is 22.7. The minimum atomic E-state index is -1.82. The molecule has 1 aliphatic heterocycles. The van der Waals surface area contributed by atoms with Gasteiger partial charge in [-0.05, 0) is 24.1 Å². The Bertz CT molecular complexity index is 1030. The number of aromatic nitrogens is 3. The molecule has 8 nitrogen and oxygen atoms in total. The van der Waals surface area contributed by atoms with Crippen LogP contribution in [-0.2, 0) is 26.5 Å². The zero-order valence-electron chi connectivity index (χ0n) is 17.3. The smallest absolute Gasteiger partial charge is 0.546 e. The molecule has 1 aliphatic rings. The number of anilines is 1. The van der Waals surface area contributed by atoms with Crippen LogP contribution in [0.15, 0.2) is 48.8 Å². The monoisotopic (exact) mass is 418 g/mol. The first-order chi connectivity index (χ1) is 14.0. The van der Waals surface area contributed by atoms with E-state index >= 15 is 0 Å². The van der Waals surface area contributed by atoms with E-state index in [2.05, 4.69) is 10.1 Å². The van der Waals surface area contributed by atoms with E-state index in [1.165, 1.54) is 10.8 Å². The summed E-state index contributed by atoms with van der Waals surface area (Å²) in [4.78, 5) is 16.5. The molecular weight excluding hydrogens is 395 g/mol. The number of carboxylic acids is 1. The van der Waals surface area contributed by atoms with Crippen molar-refractivity contribution in [1.82, 2.24) is 14.6 Å². The van der Waals surface area contributed by atoms with Crippen molar-refractivity contribution < 1.29 is 48.9 Å². The minimum Gasteiger partial charge on any atom is -0.546 e. The molecule has 1 aromatic carbocycles. The van der Waals surface area contributed by atoms with E-state index in [4.69, 9.17) is 15.2 Å². The number of carboxylic acid groups (broad SMARTS) is 1. The van der Waals surface area contributed by atoms with Gasteiger partial charge in [-0.1, -0.05) is 44.2 Å². The number of hydrogen-bond donors (Lipinski definition) is 1. The van der Waals surface area contributed by atoms with Crippen LogP contribution in [0.3, 0.4) is 0 Å². The maximum Gasteiger partial charge on any atom is 1.00 e. The van der Waals surface area contributed by atoms with E-state index in [-0.39, 0.29) is 54.0 Å². The van der Waals surface area contributed by atoms with E-state index in [1.807, 2.05) is 44.2 Å². The van der Waals surface area contributed by atoms with Crippen LogP contribution in [0.1, 0.15) is 31.5 Å². The van der Waals surface area contributed by atoms with Crippen LogP contribution < -0.4 is 40.4 Å².